The number of ketones is 1. The zero-order valence-corrected chi connectivity index (χ0v) is 19.7. The van der Waals surface area contributed by atoms with Crippen LogP contribution in [0.5, 0.6) is 0 Å². The van der Waals surface area contributed by atoms with Crippen LogP contribution < -0.4 is 16.4 Å². The van der Waals surface area contributed by atoms with Crippen molar-refractivity contribution in [1.29, 1.82) is 0 Å². The molecule has 0 aromatic heterocycles. The van der Waals surface area contributed by atoms with Gasteiger partial charge in [-0.25, -0.2) is 0 Å². The highest BCUT2D eigenvalue weighted by Crippen LogP contribution is 2.27. The number of unbranched alkanes of at least 4 members (excludes halogenated alkanes) is 2. The van der Waals surface area contributed by atoms with E-state index in [9.17, 15) is 28.8 Å². The quantitative estimate of drug-likeness (QED) is 0.140. The first-order chi connectivity index (χ1) is 16.0. The van der Waals surface area contributed by atoms with Gasteiger partial charge in [0.2, 0.25) is 11.8 Å². The van der Waals surface area contributed by atoms with Crippen LogP contribution >= 0.6 is 11.8 Å². The molecule has 1 aliphatic rings. The summed E-state index contributed by atoms with van der Waals surface area (Å²) in [5.74, 6) is -4.80. The van der Waals surface area contributed by atoms with E-state index in [1.165, 1.54) is 6.08 Å². The largest absolute Gasteiger partial charge is 0.480 e. The smallest absolute Gasteiger partial charge is 0.322 e. The molecule has 0 fully saturated rings. The number of carbonyl (C=O) groups excluding carboxylic acids is 4. The summed E-state index contributed by atoms with van der Waals surface area (Å²) < 4.78 is 5.14. The van der Waals surface area contributed by atoms with Crippen molar-refractivity contribution in [3.05, 3.63) is 11.8 Å². The van der Waals surface area contributed by atoms with Gasteiger partial charge in [0, 0.05) is 30.3 Å². The summed E-state index contributed by atoms with van der Waals surface area (Å²) in [5.41, 5.74) is 5.37. The fourth-order valence-electron chi connectivity index (χ4n) is 2.86. The number of carboxylic acid groups (broad SMARTS) is 2. The SMILES string of the molecule is CCCCCC(=O)OC1=CC(SC[C@H](NC(=O)CC[C@H](N)C(=O)O)C(=O)NCC(=O)O)CC1=O. The Morgan fingerprint density at radius 3 is 2.53 bits per heavy atom. The maximum atomic E-state index is 12.4. The zero-order valence-electron chi connectivity index (χ0n) is 18.9. The molecule has 0 aromatic rings. The molecule has 1 aliphatic carbocycles. The minimum absolute atomic E-state index is 0.00561. The average Bonchev–Trinajstić information content (AvgIpc) is 3.12. The van der Waals surface area contributed by atoms with Crippen LogP contribution in [0.4, 0.5) is 0 Å². The van der Waals surface area contributed by atoms with Crippen LogP contribution in [0.1, 0.15) is 51.9 Å². The van der Waals surface area contributed by atoms with Gasteiger partial charge >= 0.3 is 17.9 Å². The summed E-state index contributed by atoms with van der Waals surface area (Å²) in [4.78, 5) is 70.1. The molecule has 1 rings (SSSR count). The van der Waals surface area contributed by atoms with Crippen molar-refractivity contribution in [2.75, 3.05) is 12.3 Å². The molecule has 190 valence electrons. The highest BCUT2D eigenvalue weighted by molar-refractivity contribution is 8.00. The number of carbonyl (C=O) groups is 6. The topological polar surface area (TPSA) is 202 Å². The summed E-state index contributed by atoms with van der Waals surface area (Å²) in [5, 5.41) is 21.8. The number of esters is 1. The Hall–Kier alpha value is -2.93. The second-order valence-electron chi connectivity index (χ2n) is 7.68. The lowest BCUT2D eigenvalue weighted by atomic mass is 10.1. The van der Waals surface area contributed by atoms with Crippen LogP contribution in [-0.4, -0.2) is 75.3 Å². The monoisotopic (exact) mass is 501 g/mol. The molecule has 0 saturated heterocycles. The van der Waals surface area contributed by atoms with Gasteiger partial charge in [-0.1, -0.05) is 19.8 Å². The first kappa shape index (κ1) is 29.1. The Labute approximate surface area is 201 Å². The number of ether oxygens (including phenoxy) is 1. The Morgan fingerprint density at radius 1 is 1.21 bits per heavy atom. The first-order valence-corrected chi connectivity index (χ1v) is 11.9. The maximum Gasteiger partial charge on any atom is 0.322 e. The van der Waals surface area contributed by atoms with E-state index >= 15 is 0 Å². The standard InChI is InChI=1S/C21H31N3O9S/c1-2-3-4-5-19(29)33-16-9-12(8-15(16)25)34-11-14(20(30)23-10-18(27)28)24-17(26)7-6-13(22)21(31)32/h9,12-14H,2-8,10-11,22H2,1H3,(H,23,30)(H,24,26)(H,27,28)(H,31,32)/t12?,13-,14-/m0/s1. The van der Waals surface area contributed by atoms with E-state index in [1.54, 1.807) is 0 Å². The molecule has 0 heterocycles. The fourth-order valence-corrected chi connectivity index (χ4v) is 4.02. The van der Waals surface area contributed by atoms with Gasteiger partial charge in [-0.3, -0.25) is 28.8 Å². The summed E-state index contributed by atoms with van der Waals surface area (Å²) in [6.07, 6.45) is 3.83. The summed E-state index contributed by atoms with van der Waals surface area (Å²) in [7, 11) is 0. The molecule has 34 heavy (non-hydrogen) atoms. The molecule has 0 saturated carbocycles. The molecule has 0 aliphatic heterocycles. The van der Waals surface area contributed by atoms with Gasteiger partial charge in [0.05, 0.1) is 0 Å². The van der Waals surface area contributed by atoms with E-state index in [0.29, 0.717) is 6.42 Å². The van der Waals surface area contributed by atoms with Gasteiger partial charge in [0.15, 0.2) is 11.5 Å². The van der Waals surface area contributed by atoms with E-state index in [0.717, 1.165) is 24.6 Å². The zero-order chi connectivity index (χ0) is 25.7. The summed E-state index contributed by atoms with van der Waals surface area (Å²) >= 11 is 1.15. The molecule has 1 unspecified atom stereocenters. The van der Waals surface area contributed by atoms with Crippen LogP contribution in [0.15, 0.2) is 11.8 Å². The third-order valence-electron chi connectivity index (χ3n) is 4.75. The molecule has 0 radical (unpaired) electrons. The van der Waals surface area contributed by atoms with Crippen molar-refractivity contribution >= 4 is 47.3 Å². The lowest BCUT2D eigenvalue weighted by Gasteiger charge is -2.19. The Morgan fingerprint density at radius 2 is 1.91 bits per heavy atom. The highest BCUT2D eigenvalue weighted by Gasteiger charge is 2.30. The van der Waals surface area contributed by atoms with E-state index in [-0.39, 0.29) is 43.0 Å². The van der Waals surface area contributed by atoms with E-state index in [4.69, 9.17) is 20.7 Å². The van der Waals surface area contributed by atoms with Crippen LogP contribution in [0, 0.1) is 0 Å². The Kier molecular flexibility index (Phi) is 12.9. The number of amides is 2. The van der Waals surface area contributed by atoms with Crippen molar-refractivity contribution in [2.24, 2.45) is 5.73 Å². The molecule has 6 N–H and O–H groups in total. The number of hydrogen-bond donors (Lipinski definition) is 5. The van der Waals surface area contributed by atoms with Crippen molar-refractivity contribution in [2.45, 2.75) is 69.2 Å². The van der Waals surface area contributed by atoms with Crippen LogP contribution in [-0.2, 0) is 33.5 Å². The van der Waals surface area contributed by atoms with Gasteiger partial charge in [-0.15, -0.1) is 0 Å². The summed E-state index contributed by atoms with van der Waals surface area (Å²) in [6, 6.07) is -2.38. The van der Waals surface area contributed by atoms with Crippen LogP contribution in [0.25, 0.3) is 0 Å². The third kappa shape index (κ3) is 11.3. The molecule has 0 aromatic carbocycles. The van der Waals surface area contributed by atoms with Crippen LogP contribution in [0.3, 0.4) is 0 Å². The minimum Gasteiger partial charge on any atom is -0.480 e. The molecule has 2 amide bonds. The number of allylic oxidation sites excluding steroid dienone is 1. The van der Waals surface area contributed by atoms with Crippen molar-refractivity contribution in [3.8, 4) is 0 Å². The van der Waals surface area contributed by atoms with Gasteiger partial charge in [0.1, 0.15) is 18.6 Å². The molecule has 12 nitrogen and oxygen atoms in total. The lowest BCUT2D eigenvalue weighted by Crippen LogP contribution is -2.49. The van der Waals surface area contributed by atoms with E-state index in [2.05, 4.69) is 10.6 Å². The first-order valence-electron chi connectivity index (χ1n) is 10.9. The lowest BCUT2D eigenvalue weighted by molar-refractivity contribution is -0.142. The number of thioether (sulfide) groups is 1. The predicted octanol–water partition coefficient (Wildman–Crippen LogP) is -0.0539. The molecular formula is C21H31N3O9S. The number of aliphatic carboxylic acids is 2. The Bertz CT molecular complexity index is 815. The van der Waals surface area contributed by atoms with Crippen molar-refractivity contribution < 1.29 is 43.7 Å². The van der Waals surface area contributed by atoms with Gasteiger partial charge < -0.3 is 31.3 Å². The highest BCUT2D eigenvalue weighted by atomic mass is 32.2. The van der Waals surface area contributed by atoms with Gasteiger partial charge in [-0.2, -0.15) is 11.8 Å². The minimum atomic E-state index is -1.27. The van der Waals surface area contributed by atoms with Crippen LogP contribution in [0.2, 0.25) is 0 Å². The number of Topliss-reactive ketones (excluding diaryl/α,β-unsaturated/α-hetero) is 1. The van der Waals surface area contributed by atoms with E-state index < -0.39 is 53.6 Å². The normalized spacial score (nSPS) is 16.8. The predicted molar refractivity (Wildman–Crippen MR) is 122 cm³/mol. The molecule has 0 bridgehead atoms. The number of rotatable bonds is 16. The second-order valence-corrected chi connectivity index (χ2v) is 8.95. The number of nitrogens with two attached hydrogens (primary N) is 1. The second kappa shape index (κ2) is 15.1. The molecule has 3 atom stereocenters. The average molecular weight is 502 g/mol. The summed E-state index contributed by atoms with van der Waals surface area (Å²) in [6.45, 7) is 1.35. The Balaban J connectivity index is 2.69. The van der Waals surface area contributed by atoms with Crippen molar-refractivity contribution in [3.63, 3.8) is 0 Å². The molecular weight excluding hydrogens is 470 g/mol. The van der Waals surface area contributed by atoms with Gasteiger partial charge in [-0.05, 0) is 18.9 Å². The van der Waals surface area contributed by atoms with E-state index in [1.807, 2.05) is 6.92 Å². The maximum absolute atomic E-state index is 12.4. The molecule has 0 spiro atoms. The van der Waals surface area contributed by atoms with Gasteiger partial charge in [0.25, 0.3) is 0 Å². The van der Waals surface area contributed by atoms with Crippen molar-refractivity contribution in [1.82, 2.24) is 10.6 Å². The number of nitrogens with one attached hydrogen (secondary N) is 2. The molecule has 13 heteroatoms. The number of hydrogen-bond acceptors (Lipinski definition) is 9. The fraction of sp³-hybridized carbons (Fsp3) is 0.619. The number of carboxylic acids is 2. The third-order valence-corrected chi connectivity index (χ3v) is 6.01.